The van der Waals surface area contributed by atoms with Crippen LogP contribution in [0, 0.1) is 0 Å². The number of hydrogen-bond acceptors (Lipinski definition) is 2. The van der Waals surface area contributed by atoms with E-state index in [0.717, 1.165) is 16.7 Å². The zero-order valence-electron chi connectivity index (χ0n) is 17.6. The summed E-state index contributed by atoms with van der Waals surface area (Å²) in [6, 6.07) is 26.8. The SMILES string of the molecule is C=C=C(OC(=NC)c1ccc(C(C)(C)C)cc1)c1ccc(-c2ccccc2)cc1. The fourth-order valence-electron chi connectivity index (χ4n) is 3.08. The first-order chi connectivity index (χ1) is 13.9. The smallest absolute Gasteiger partial charge is 0.222 e. The molecule has 2 heteroatoms. The van der Waals surface area contributed by atoms with E-state index in [4.69, 9.17) is 4.74 Å². The van der Waals surface area contributed by atoms with Crippen molar-refractivity contribution >= 4 is 11.7 Å². The molecule has 0 amide bonds. The summed E-state index contributed by atoms with van der Waals surface area (Å²) in [5.74, 6) is 1.11. The van der Waals surface area contributed by atoms with Crippen molar-refractivity contribution in [1.29, 1.82) is 0 Å². The third-order valence-corrected chi connectivity index (χ3v) is 4.81. The van der Waals surface area contributed by atoms with Gasteiger partial charge in [-0.2, -0.15) is 0 Å². The Morgan fingerprint density at radius 3 is 1.86 bits per heavy atom. The molecule has 0 aliphatic rings. The molecular weight excluding hydrogens is 354 g/mol. The molecule has 0 radical (unpaired) electrons. The van der Waals surface area contributed by atoms with Crippen LogP contribution in [0.1, 0.15) is 37.5 Å². The van der Waals surface area contributed by atoms with E-state index in [1.165, 1.54) is 11.1 Å². The van der Waals surface area contributed by atoms with Crippen molar-refractivity contribution in [3.8, 4) is 11.1 Å². The van der Waals surface area contributed by atoms with Gasteiger partial charge in [-0.1, -0.05) is 87.7 Å². The third kappa shape index (κ3) is 4.93. The largest absolute Gasteiger partial charge is 0.430 e. The van der Waals surface area contributed by atoms with Crippen molar-refractivity contribution in [2.45, 2.75) is 26.2 Å². The molecule has 29 heavy (non-hydrogen) atoms. The maximum absolute atomic E-state index is 6.09. The Kier molecular flexibility index (Phi) is 6.16. The third-order valence-electron chi connectivity index (χ3n) is 4.81. The van der Waals surface area contributed by atoms with Crippen molar-refractivity contribution in [2.24, 2.45) is 4.99 Å². The van der Waals surface area contributed by atoms with Gasteiger partial charge in [0, 0.05) is 18.2 Å². The lowest BCUT2D eigenvalue weighted by atomic mass is 9.87. The summed E-state index contributed by atoms with van der Waals surface area (Å²) in [6.45, 7) is 10.4. The molecule has 0 heterocycles. The van der Waals surface area contributed by atoms with Gasteiger partial charge in [0.2, 0.25) is 5.90 Å². The molecule has 0 N–H and O–H groups in total. The van der Waals surface area contributed by atoms with Crippen LogP contribution in [0.15, 0.2) is 96.2 Å². The molecule has 0 fully saturated rings. The molecule has 0 aromatic heterocycles. The van der Waals surface area contributed by atoms with E-state index in [9.17, 15) is 0 Å². The van der Waals surface area contributed by atoms with Crippen LogP contribution in [0.25, 0.3) is 16.9 Å². The topological polar surface area (TPSA) is 21.6 Å². The zero-order valence-corrected chi connectivity index (χ0v) is 17.6. The molecular formula is C27H27NO. The highest BCUT2D eigenvalue weighted by molar-refractivity contribution is 5.97. The lowest BCUT2D eigenvalue weighted by molar-refractivity contribution is 0.508. The van der Waals surface area contributed by atoms with Gasteiger partial charge in [-0.15, -0.1) is 0 Å². The number of aliphatic imine (C=N–C) groups is 1. The van der Waals surface area contributed by atoms with Gasteiger partial charge in [-0.05, 0) is 46.4 Å². The molecule has 0 aliphatic carbocycles. The minimum atomic E-state index is 0.107. The van der Waals surface area contributed by atoms with E-state index in [2.05, 4.69) is 74.5 Å². The number of benzene rings is 3. The van der Waals surface area contributed by atoms with Crippen LogP contribution >= 0.6 is 0 Å². The van der Waals surface area contributed by atoms with Gasteiger partial charge in [0.05, 0.1) is 0 Å². The van der Waals surface area contributed by atoms with Gasteiger partial charge >= 0.3 is 0 Å². The first kappa shape index (κ1) is 20.4. The monoisotopic (exact) mass is 381 g/mol. The summed E-state index contributed by atoms with van der Waals surface area (Å²) < 4.78 is 6.09. The highest BCUT2D eigenvalue weighted by Crippen LogP contribution is 2.25. The van der Waals surface area contributed by atoms with E-state index in [-0.39, 0.29) is 5.41 Å². The summed E-state index contributed by atoms with van der Waals surface area (Å²) in [4.78, 5) is 4.33. The van der Waals surface area contributed by atoms with Crippen LogP contribution in [0.3, 0.4) is 0 Å². The minimum absolute atomic E-state index is 0.107. The molecule has 0 aliphatic heterocycles. The number of rotatable bonds is 4. The van der Waals surface area contributed by atoms with E-state index < -0.39 is 0 Å². The summed E-state index contributed by atoms with van der Waals surface area (Å²) in [7, 11) is 1.73. The quantitative estimate of drug-likeness (QED) is 0.209. The molecule has 3 aromatic carbocycles. The molecule has 0 atom stereocenters. The summed E-state index contributed by atoms with van der Waals surface area (Å²) in [5, 5.41) is 0. The maximum atomic E-state index is 6.09. The lowest BCUT2D eigenvalue weighted by Crippen LogP contribution is -2.12. The predicted molar refractivity (Wildman–Crippen MR) is 123 cm³/mol. The van der Waals surface area contributed by atoms with Gasteiger partial charge < -0.3 is 4.74 Å². The molecule has 3 rings (SSSR count). The van der Waals surface area contributed by atoms with Crippen molar-refractivity contribution in [2.75, 3.05) is 7.05 Å². The van der Waals surface area contributed by atoms with Crippen molar-refractivity contribution < 1.29 is 4.74 Å². The molecule has 2 nitrogen and oxygen atoms in total. The predicted octanol–water partition coefficient (Wildman–Crippen LogP) is 6.87. The van der Waals surface area contributed by atoms with E-state index >= 15 is 0 Å². The zero-order chi connectivity index (χ0) is 20.9. The maximum Gasteiger partial charge on any atom is 0.222 e. The molecule has 3 aromatic rings. The van der Waals surface area contributed by atoms with Gasteiger partial charge in [0.15, 0.2) is 5.76 Å². The molecule has 0 spiro atoms. The normalized spacial score (nSPS) is 11.7. The fourth-order valence-corrected chi connectivity index (χ4v) is 3.08. The van der Waals surface area contributed by atoms with Crippen molar-refractivity contribution in [1.82, 2.24) is 0 Å². The molecule has 0 bridgehead atoms. The van der Waals surface area contributed by atoms with Crippen LogP contribution in [0.5, 0.6) is 0 Å². The van der Waals surface area contributed by atoms with E-state index in [1.807, 2.05) is 42.5 Å². The van der Waals surface area contributed by atoms with Crippen molar-refractivity contribution in [3.05, 3.63) is 108 Å². The van der Waals surface area contributed by atoms with Crippen LogP contribution in [0.2, 0.25) is 0 Å². The Balaban J connectivity index is 1.80. The summed E-state index contributed by atoms with van der Waals surface area (Å²) in [5.41, 5.74) is 8.46. The average Bonchev–Trinajstić information content (AvgIpc) is 2.75. The molecule has 0 saturated heterocycles. The van der Waals surface area contributed by atoms with Gasteiger partial charge in [0.1, 0.15) is 0 Å². The summed E-state index contributed by atoms with van der Waals surface area (Å²) in [6.07, 6.45) is 0. The van der Waals surface area contributed by atoms with Gasteiger partial charge in [0.25, 0.3) is 0 Å². The highest BCUT2D eigenvalue weighted by Gasteiger charge is 2.15. The number of hydrogen-bond donors (Lipinski definition) is 0. The second-order valence-corrected chi connectivity index (χ2v) is 7.91. The van der Waals surface area contributed by atoms with Crippen molar-refractivity contribution in [3.63, 3.8) is 0 Å². The van der Waals surface area contributed by atoms with E-state index in [0.29, 0.717) is 11.7 Å². The van der Waals surface area contributed by atoms with Crippen LogP contribution < -0.4 is 0 Å². The standard InChI is InChI=1S/C27H27NO/c1-6-25(22-14-12-21(13-15-22)20-10-8-7-9-11-20)29-26(28-5)23-16-18-24(19-17-23)27(2,3)4/h7-19H,1H2,2-5H3. The second kappa shape index (κ2) is 8.77. The van der Waals surface area contributed by atoms with E-state index in [1.54, 1.807) is 7.05 Å². The van der Waals surface area contributed by atoms with Crippen LogP contribution in [0.4, 0.5) is 0 Å². The Hall–Kier alpha value is -3.35. The van der Waals surface area contributed by atoms with Crippen LogP contribution in [-0.2, 0) is 10.2 Å². The Morgan fingerprint density at radius 1 is 0.793 bits per heavy atom. The highest BCUT2D eigenvalue weighted by atomic mass is 16.5. The Morgan fingerprint density at radius 2 is 1.34 bits per heavy atom. The van der Waals surface area contributed by atoms with Crippen LogP contribution in [-0.4, -0.2) is 12.9 Å². The average molecular weight is 382 g/mol. The minimum Gasteiger partial charge on any atom is -0.430 e. The van der Waals surface area contributed by atoms with Gasteiger partial charge in [-0.25, -0.2) is 0 Å². The molecule has 0 unspecified atom stereocenters. The lowest BCUT2D eigenvalue weighted by Gasteiger charge is -2.19. The summed E-state index contributed by atoms with van der Waals surface area (Å²) >= 11 is 0. The molecule has 0 saturated carbocycles. The number of nitrogens with zero attached hydrogens (tertiary/aromatic N) is 1. The fraction of sp³-hybridized carbons (Fsp3) is 0.185. The second-order valence-electron chi connectivity index (χ2n) is 7.91. The Labute approximate surface area is 173 Å². The Bertz CT molecular complexity index is 1030. The molecule has 146 valence electrons. The number of ether oxygens (including phenoxy) is 1. The first-order valence-corrected chi connectivity index (χ1v) is 9.74. The van der Waals surface area contributed by atoms with Gasteiger partial charge in [-0.3, -0.25) is 4.99 Å². The first-order valence-electron chi connectivity index (χ1n) is 9.74.